The maximum atomic E-state index is 12.3. The maximum absolute atomic E-state index is 12.3. The Hall–Kier alpha value is -3.95. The minimum Gasteiger partial charge on any atom is -0.482 e. The molecule has 0 amide bonds. The molecule has 1 aliphatic heterocycles. The fraction of sp³-hybridized carbons (Fsp3) is 0.185. The van der Waals surface area contributed by atoms with E-state index in [2.05, 4.69) is 19.9 Å². The summed E-state index contributed by atoms with van der Waals surface area (Å²) in [7, 11) is 0. The number of benzene rings is 3. The van der Waals surface area contributed by atoms with Crippen molar-refractivity contribution < 1.29 is 19.0 Å². The molecule has 3 aromatic carbocycles. The van der Waals surface area contributed by atoms with Crippen molar-refractivity contribution in [2.75, 3.05) is 6.61 Å². The van der Waals surface area contributed by atoms with E-state index in [1.807, 2.05) is 42.5 Å². The van der Waals surface area contributed by atoms with Crippen molar-refractivity contribution >= 4 is 17.6 Å². The summed E-state index contributed by atoms with van der Waals surface area (Å²) in [6.07, 6.45) is 0. The molecule has 7 heteroatoms. The third kappa shape index (κ3) is 4.85. The molecule has 4 rings (SSSR count). The van der Waals surface area contributed by atoms with Crippen LogP contribution < -0.4 is 19.9 Å². The molecule has 1 atom stereocenters. The lowest BCUT2D eigenvalue weighted by molar-refractivity contribution is -0.136. The molecule has 34 heavy (non-hydrogen) atoms. The second-order valence-electron chi connectivity index (χ2n) is 8.13. The summed E-state index contributed by atoms with van der Waals surface area (Å²) in [5, 5.41) is 10.2. The van der Waals surface area contributed by atoms with Gasteiger partial charge in [-0.15, -0.1) is 0 Å². The van der Waals surface area contributed by atoms with Crippen molar-refractivity contribution in [3.8, 4) is 23.3 Å². The van der Waals surface area contributed by atoms with Gasteiger partial charge in [0.05, 0.1) is 5.92 Å². The predicted molar refractivity (Wildman–Crippen MR) is 129 cm³/mol. The van der Waals surface area contributed by atoms with Crippen molar-refractivity contribution in [1.82, 2.24) is 0 Å². The second-order valence-corrected chi connectivity index (χ2v) is 8.54. The normalized spacial score (nSPS) is 14.7. The van der Waals surface area contributed by atoms with Gasteiger partial charge in [-0.25, -0.2) is 4.79 Å². The molecule has 1 aliphatic rings. The van der Waals surface area contributed by atoms with Gasteiger partial charge in [0.15, 0.2) is 6.61 Å². The fourth-order valence-electron chi connectivity index (χ4n) is 3.78. The second kappa shape index (κ2) is 9.90. The Labute approximate surface area is 203 Å². The number of hydrogen-bond acceptors (Lipinski definition) is 6. The fourth-order valence-corrected chi connectivity index (χ4v) is 4.03. The van der Waals surface area contributed by atoms with Gasteiger partial charge < -0.3 is 19.9 Å². The van der Waals surface area contributed by atoms with Gasteiger partial charge >= 0.3 is 5.97 Å². The van der Waals surface area contributed by atoms with E-state index in [-0.39, 0.29) is 23.8 Å². The first-order chi connectivity index (χ1) is 16.4. The zero-order valence-electron chi connectivity index (χ0n) is 18.7. The molecule has 1 heterocycles. The van der Waals surface area contributed by atoms with Crippen molar-refractivity contribution in [2.24, 2.45) is 5.73 Å². The van der Waals surface area contributed by atoms with Crippen molar-refractivity contribution in [3.05, 3.63) is 99.9 Å². The smallest absolute Gasteiger partial charge is 0.349 e. The Morgan fingerprint density at radius 1 is 1.09 bits per heavy atom. The number of esters is 1. The van der Waals surface area contributed by atoms with E-state index in [1.165, 1.54) is 5.56 Å². The molecule has 2 N–H and O–H groups in total. The number of nitrogens with zero attached hydrogens (tertiary/aromatic N) is 1. The number of hydrogen-bond donors (Lipinski definition) is 1. The summed E-state index contributed by atoms with van der Waals surface area (Å²) in [4.78, 5) is 12.3. The number of ether oxygens (including phenoxy) is 3. The predicted octanol–water partition coefficient (Wildman–Crippen LogP) is 5.67. The standard InChI is InChI=1S/C27H23ClN2O4/c1-16(2)17-7-9-18(10-8-17)32-15-25(31)33-19-11-12-21-24(13-19)34-27(30)22(14-29)26(21)20-5-3-4-6-23(20)28/h3-13,16,26H,15,30H2,1-2H3. The molecule has 6 nitrogen and oxygen atoms in total. The van der Waals surface area contributed by atoms with Gasteiger partial charge in [-0.05, 0) is 41.3 Å². The van der Waals surface area contributed by atoms with Gasteiger partial charge in [-0.3, -0.25) is 0 Å². The van der Waals surface area contributed by atoms with E-state index in [0.29, 0.717) is 28.0 Å². The number of carbonyl (C=O) groups is 1. The molecule has 0 spiro atoms. The Morgan fingerprint density at radius 2 is 1.79 bits per heavy atom. The molecule has 0 saturated carbocycles. The van der Waals surface area contributed by atoms with Crippen LogP contribution >= 0.6 is 11.6 Å². The van der Waals surface area contributed by atoms with Crippen LogP contribution in [0.25, 0.3) is 0 Å². The van der Waals surface area contributed by atoms with Crippen molar-refractivity contribution in [3.63, 3.8) is 0 Å². The number of fused-ring (bicyclic) bond motifs is 1. The zero-order chi connectivity index (χ0) is 24.2. The molecule has 0 fully saturated rings. The summed E-state index contributed by atoms with van der Waals surface area (Å²) in [5.41, 5.74) is 8.92. The number of carbonyl (C=O) groups excluding carboxylic acids is 1. The summed E-state index contributed by atoms with van der Waals surface area (Å²) >= 11 is 6.41. The van der Waals surface area contributed by atoms with E-state index >= 15 is 0 Å². The van der Waals surface area contributed by atoms with E-state index in [9.17, 15) is 10.1 Å². The van der Waals surface area contributed by atoms with Crippen LogP contribution in [-0.4, -0.2) is 12.6 Å². The van der Waals surface area contributed by atoms with Crippen LogP contribution in [0.15, 0.2) is 78.2 Å². The van der Waals surface area contributed by atoms with Gasteiger partial charge in [-0.2, -0.15) is 5.26 Å². The number of halogens is 1. The van der Waals surface area contributed by atoms with Crippen LogP contribution in [0.3, 0.4) is 0 Å². The van der Waals surface area contributed by atoms with Crippen LogP contribution in [0, 0.1) is 11.3 Å². The van der Waals surface area contributed by atoms with E-state index < -0.39 is 11.9 Å². The highest BCUT2D eigenvalue weighted by Gasteiger charge is 2.32. The Balaban J connectivity index is 1.50. The lowest BCUT2D eigenvalue weighted by Gasteiger charge is -2.27. The highest BCUT2D eigenvalue weighted by molar-refractivity contribution is 6.31. The molecule has 172 valence electrons. The average molecular weight is 475 g/mol. The monoisotopic (exact) mass is 474 g/mol. The molecular formula is C27H23ClN2O4. The highest BCUT2D eigenvalue weighted by atomic mass is 35.5. The Kier molecular flexibility index (Phi) is 6.76. The van der Waals surface area contributed by atoms with Gasteiger partial charge in [0.1, 0.15) is 28.9 Å². The lowest BCUT2D eigenvalue weighted by atomic mass is 9.83. The largest absolute Gasteiger partial charge is 0.482 e. The third-order valence-corrected chi connectivity index (χ3v) is 5.89. The van der Waals surface area contributed by atoms with Crippen LogP contribution in [0.1, 0.15) is 42.4 Å². The summed E-state index contributed by atoms with van der Waals surface area (Å²) in [5.74, 6) is 0.578. The number of nitrogens with two attached hydrogens (primary N) is 1. The number of nitriles is 1. The minimum absolute atomic E-state index is 0.0171. The first kappa shape index (κ1) is 23.2. The van der Waals surface area contributed by atoms with Crippen molar-refractivity contribution in [1.29, 1.82) is 5.26 Å². The first-order valence-corrected chi connectivity index (χ1v) is 11.1. The molecule has 0 bridgehead atoms. The van der Waals surface area contributed by atoms with Crippen LogP contribution in [0.5, 0.6) is 17.2 Å². The van der Waals surface area contributed by atoms with E-state index in [0.717, 1.165) is 5.56 Å². The molecular weight excluding hydrogens is 452 g/mol. The SMILES string of the molecule is CC(C)c1ccc(OCC(=O)Oc2ccc3c(c2)OC(N)=C(C#N)C3c2ccccc2Cl)cc1. The third-order valence-electron chi connectivity index (χ3n) is 5.54. The highest BCUT2D eigenvalue weighted by Crippen LogP contribution is 2.45. The summed E-state index contributed by atoms with van der Waals surface area (Å²) in [6.45, 7) is 3.97. The maximum Gasteiger partial charge on any atom is 0.349 e. The Morgan fingerprint density at radius 3 is 2.47 bits per heavy atom. The first-order valence-electron chi connectivity index (χ1n) is 10.8. The molecule has 1 unspecified atom stereocenters. The van der Waals surface area contributed by atoms with Gasteiger partial charge in [0.25, 0.3) is 0 Å². The van der Waals surface area contributed by atoms with Gasteiger partial charge in [-0.1, -0.05) is 61.8 Å². The number of rotatable bonds is 6. The molecule has 3 aromatic rings. The summed E-state index contributed by atoms with van der Waals surface area (Å²) < 4.78 is 16.6. The van der Waals surface area contributed by atoms with E-state index in [4.69, 9.17) is 31.5 Å². The average Bonchev–Trinajstić information content (AvgIpc) is 2.82. The lowest BCUT2D eigenvalue weighted by Crippen LogP contribution is -2.22. The minimum atomic E-state index is -0.562. The van der Waals surface area contributed by atoms with E-state index in [1.54, 1.807) is 24.3 Å². The quantitative estimate of drug-likeness (QED) is 0.365. The summed E-state index contributed by atoms with van der Waals surface area (Å²) in [6, 6.07) is 21.9. The topological polar surface area (TPSA) is 94.6 Å². The van der Waals surface area contributed by atoms with Crippen molar-refractivity contribution in [2.45, 2.75) is 25.7 Å². The molecule has 0 aromatic heterocycles. The molecule has 0 radical (unpaired) electrons. The van der Waals surface area contributed by atoms with Crippen LogP contribution in [0.4, 0.5) is 0 Å². The molecule has 0 aliphatic carbocycles. The van der Waals surface area contributed by atoms with Gasteiger partial charge in [0.2, 0.25) is 5.88 Å². The Bertz CT molecular complexity index is 1290. The van der Waals surface area contributed by atoms with Gasteiger partial charge in [0, 0.05) is 16.7 Å². The van der Waals surface area contributed by atoms with Crippen LogP contribution in [-0.2, 0) is 4.79 Å². The zero-order valence-corrected chi connectivity index (χ0v) is 19.5. The molecule has 0 saturated heterocycles. The van der Waals surface area contributed by atoms with Crippen LogP contribution in [0.2, 0.25) is 5.02 Å². The number of allylic oxidation sites excluding steroid dienone is 1.